The third-order valence-corrected chi connectivity index (χ3v) is 2.93. The minimum absolute atomic E-state index is 0.470. The molecule has 0 aromatic heterocycles. The number of fused-ring (bicyclic) bond motifs is 2. The van der Waals surface area contributed by atoms with Gasteiger partial charge in [-0.3, -0.25) is 0 Å². The monoisotopic (exact) mass is 162 g/mol. The molecule has 0 heterocycles. The first-order valence-corrected chi connectivity index (χ1v) is 4.59. The number of hydrogen-bond acceptors (Lipinski definition) is 1. The number of ether oxygens (including phenoxy) is 1. The minimum Gasteiger partial charge on any atom is -0.368 e. The SMILES string of the molecule is C#CCOCC1C[C@@H]2C=CC1C2. The van der Waals surface area contributed by atoms with Crippen molar-refractivity contribution in [2.24, 2.45) is 17.8 Å². The smallest absolute Gasteiger partial charge is 0.107 e. The summed E-state index contributed by atoms with van der Waals surface area (Å²) in [5, 5.41) is 0. The summed E-state index contributed by atoms with van der Waals surface area (Å²) < 4.78 is 5.35. The molecule has 2 aliphatic rings. The molecule has 2 unspecified atom stereocenters. The maximum Gasteiger partial charge on any atom is 0.107 e. The van der Waals surface area contributed by atoms with E-state index in [1.54, 1.807) is 0 Å². The summed E-state index contributed by atoms with van der Waals surface area (Å²) in [6.07, 6.45) is 12.5. The van der Waals surface area contributed by atoms with Gasteiger partial charge in [-0.2, -0.15) is 0 Å². The largest absolute Gasteiger partial charge is 0.368 e. The molecule has 0 aromatic rings. The van der Waals surface area contributed by atoms with Gasteiger partial charge in [-0.1, -0.05) is 18.1 Å². The lowest BCUT2D eigenvalue weighted by Gasteiger charge is -2.16. The molecule has 0 N–H and O–H groups in total. The second-order valence-corrected chi connectivity index (χ2v) is 3.76. The number of allylic oxidation sites excluding steroid dienone is 2. The molecular formula is C11H14O. The van der Waals surface area contributed by atoms with E-state index >= 15 is 0 Å². The molecule has 0 radical (unpaired) electrons. The van der Waals surface area contributed by atoms with Crippen LogP contribution in [0.15, 0.2) is 12.2 Å². The van der Waals surface area contributed by atoms with Crippen molar-refractivity contribution in [1.82, 2.24) is 0 Å². The van der Waals surface area contributed by atoms with Gasteiger partial charge in [-0.15, -0.1) is 6.42 Å². The molecule has 1 saturated carbocycles. The van der Waals surface area contributed by atoms with Gasteiger partial charge in [0, 0.05) is 0 Å². The first kappa shape index (κ1) is 7.89. The van der Waals surface area contributed by atoms with Crippen LogP contribution in [0.3, 0.4) is 0 Å². The Kier molecular flexibility index (Phi) is 2.19. The van der Waals surface area contributed by atoms with Crippen molar-refractivity contribution in [3.63, 3.8) is 0 Å². The van der Waals surface area contributed by atoms with E-state index in [1.165, 1.54) is 12.8 Å². The quantitative estimate of drug-likeness (QED) is 0.349. The van der Waals surface area contributed by atoms with Crippen LogP contribution in [0.2, 0.25) is 0 Å². The number of terminal acetylenes is 1. The van der Waals surface area contributed by atoms with Crippen molar-refractivity contribution >= 4 is 0 Å². The van der Waals surface area contributed by atoms with E-state index < -0.39 is 0 Å². The van der Waals surface area contributed by atoms with Crippen molar-refractivity contribution in [3.05, 3.63) is 12.2 Å². The molecule has 2 bridgehead atoms. The minimum atomic E-state index is 0.470. The zero-order valence-corrected chi connectivity index (χ0v) is 7.20. The molecule has 2 rings (SSSR count). The molecule has 3 atom stereocenters. The molecule has 2 aliphatic carbocycles. The molecule has 0 aliphatic heterocycles. The molecule has 64 valence electrons. The standard InChI is InChI=1S/C11H14O/c1-2-5-12-8-11-7-9-3-4-10(11)6-9/h1,3-4,9-11H,5-8H2/t9-,10?,11?/m1/s1. The fourth-order valence-electron chi connectivity index (χ4n) is 2.36. The first-order valence-electron chi connectivity index (χ1n) is 4.59. The third-order valence-electron chi connectivity index (χ3n) is 2.93. The van der Waals surface area contributed by atoms with E-state index in [1.807, 2.05) is 0 Å². The first-order chi connectivity index (χ1) is 5.90. The van der Waals surface area contributed by atoms with Crippen LogP contribution in [-0.2, 0) is 4.74 Å². The molecular weight excluding hydrogens is 148 g/mol. The highest BCUT2D eigenvalue weighted by Gasteiger charge is 2.35. The molecule has 1 nitrogen and oxygen atoms in total. The summed E-state index contributed by atoms with van der Waals surface area (Å²) in [6, 6.07) is 0. The van der Waals surface area contributed by atoms with E-state index in [-0.39, 0.29) is 0 Å². The van der Waals surface area contributed by atoms with Gasteiger partial charge < -0.3 is 4.74 Å². The lowest BCUT2D eigenvalue weighted by Crippen LogP contribution is -2.14. The van der Waals surface area contributed by atoms with Crippen molar-refractivity contribution in [2.75, 3.05) is 13.2 Å². The molecule has 0 saturated heterocycles. The zero-order chi connectivity index (χ0) is 8.39. The Morgan fingerprint density at radius 1 is 1.42 bits per heavy atom. The lowest BCUT2D eigenvalue weighted by molar-refractivity contribution is 0.116. The van der Waals surface area contributed by atoms with E-state index in [0.717, 1.165) is 24.4 Å². The van der Waals surface area contributed by atoms with Crippen LogP contribution in [0.5, 0.6) is 0 Å². The van der Waals surface area contributed by atoms with Gasteiger partial charge in [0.25, 0.3) is 0 Å². The topological polar surface area (TPSA) is 9.23 Å². The van der Waals surface area contributed by atoms with Crippen molar-refractivity contribution in [3.8, 4) is 12.3 Å². The van der Waals surface area contributed by atoms with Crippen LogP contribution in [0.25, 0.3) is 0 Å². The van der Waals surface area contributed by atoms with Gasteiger partial charge in [0.05, 0.1) is 6.61 Å². The highest BCUT2D eigenvalue weighted by Crippen LogP contribution is 2.43. The Morgan fingerprint density at radius 2 is 2.33 bits per heavy atom. The molecule has 0 amide bonds. The summed E-state index contributed by atoms with van der Waals surface area (Å²) >= 11 is 0. The molecule has 1 fully saturated rings. The van der Waals surface area contributed by atoms with Gasteiger partial charge in [-0.25, -0.2) is 0 Å². The van der Waals surface area contributed by atoms with E-state index in [4.69, 9.17) is 11.2 Å². The predicted molar refractivity (Wildman–Crippen MR) is 48.5 cm³/mol. The van der Waals surface area contributed by atoms with Crippen LogP contribution in [-0.4, -0.2) is 13.2 Å². The fraction of sp³-hybridized carbons (Fsp3) is 0.636. The maximum atomic E-state index is 5.35. The van der Waals surface area contributed by atoms with Crippen LogP contribution < -0.4 is 0 Å². The van der Waals surface area contributed by atoms with Crippen molar-refractivity contribution in [2.45, 2.75) is 12.8 Å². The number of rotatable bonds is 3. The highest BCUT2D eigenvalue weighted by molar-refractivity contribution is 5.10. The van der Waals surface area contributed by atoms with Crippen molar-refractivity contribution in [1.29, 1.82) is 0 Å². The Bertz CT molecular complexity index is 224. The van der Waals surface area contributed by atoms with E-state index in [2.05, 4.69) is 18.1 Å². The molecule has 1 heteroatoms. The van der Waals surface area contributed by atoms with Crippen LogP contribution >= 0.6 is 0 Å². The van der Waals surface area contributed by atoms with Gasteiger partial charge in [0.2, 0.25) is 0 Å². The Hall–Kier alpha value is -0.740. The third kappa shape index (κ3) is 1.40. The van der Waals surface area contributed by atoms with Gasteiger partial charge >= 0.3 is 0 Å². The average Bonchev–Trinajstić information content (AvgIpc) is 2.65. The second-order valence-electron chi connectivity index (χ2n) is 3.76. The number of hydrogen-bond donors (Lipinski definition) is 0. The predicted octanol–water partition coefficient (Wildman–Crippen LogP) is 1.85. The maximum absolute atomic E-state index is 5.35. The zero-order valence-electron chi connectivity index (χ0n) is 7.20. The van der Waals surface area contributed by atoms with Crippen molar-refractivity contribution < 1.29 is 4.74 Å². The Balaban J connectivity index is 1.77. The Labute approximate surface area is 73.8 Å². The fourth-order valence-corrected chi connectivity index (χ4v) is 2.36. The summed E-state index contributed by atoms with van der Waals surface area (Å²) in [5.74, 6) is 4.87. The van der Waals surface area contributed by atoms with E-state index in [0.29, 0.717) is 6.61 Å². The highest BCUT2D eigenvalue weighted by atomic mass is 16.5. The Morgan fingerprint density at radius 3 is 2.92 bits per heavy atom. The molecule has 0 aromatic carbocycles. The summed E-state index contributed by atoms with van der Waals surface area (Å²) in [6.45, 7) is 1.33. The summed E-state index contributed by atoms with van der Waals surface area (Å²) in [7, 11) is 0. The van der Waals surface area contributed by atoms with E-state index in [9.17, 15) is 0 Å². The normalized spacial score (nSPS) is 37.1. The summed E-state index contributed by atoms with van der Waals surface area (Å²) in [4.78, 5) is 0. The van der Waals surface area contributed by atoms with Crippen LogP contribution in [0.1, 0.15) is 12.8 Å². The molecule has 0 spiro atoms. The van der Waals surface area contributed by atoms with Crippen LogP contribution in [0, 0.1) is 30.1 Å². The van der Waals surface area contributed by atoms with Gasteiger partial charge in [-0.05, 0) is 30.6 Å². The summed E-state index contributed by atoms with van der Waals surface area (Å²) in [5.41, 5.74) is 0. The van der Waals surface area contributed by atoms with Crippen LogP contribution in [0.4, 0.5) is 0 Å². The lowest BCUT2D eigenvalue weighted by atomic mass is 9.95. The second kappa shape index (κ2) is 3.33. The average molecular weight is 162 g/mol. The molecule has 12 heavy (non-hydrogen) atoms. The van der Waals surface area contributed by atoms with Gasteiger partial charge in [0.1, 0.15) is 6.61 Å². The van der Waals surface area contributed by atoms with Gasteiger partial charge in [0.15, 0.2) is 0 Å².